The molecular weight excluding hydrogens is 288 g/mol. The van der Waals surface area contributed by atoms with E-state index in [0.29, 0.717) is 20.7 Å². The molecule has 0 amide bonds. The van der Waals surface area contributed by atoms with E-state index in [2.05, 4.69) is 0 Å². The van der Waals surface area contributed by atoms with Crippen molar-refractivity contribution in [3.63, 3.8) is 0 Å². The third kappa shape index (κ3) is 2.10. The second-order valence-electron chi connectivity index (χ2n) is 2.29. The van der Waals surface area contributed by atoms with Crippen molar-refractivity contribution >= 4 is 45.7 Å². The van der Waals surface area contributed by atoms with Crippen LogP contribution in [0.4, 0.5) is 5.69 Å². The van der Waals surface area contributed by atoms with Gasteiger partial charge in [-0.1, -0.05) is 34.2 Å². The highest BCUT2D eigenvalue weighted by Crippen LogP contribution is 2.18. The summed E-state index contributed by atoms with van der Waals surface area (Å²) >= 11 is 7.70. The van der Waals surface area contributed by atoms with Crippen molar-refractivity contribution in [3.8, 4) is 0 Å². The predicted octanol–water partition coefficient (Wildman–Crippen LogP) is 2.54. The Bertz CT molecular complexity index is 314. The summed E-state index contributed by atoms with van der Waals surface area (Å²) in [7, 11) is 0. The summed E-state index contributed by atoms with van der Waals surface area (Å²) in [6.07, 6.45) is 0. The molecule has 2 N–H and O–H groups in total. The van der Waals surface area contributed by atoms with Gasteiger partial charge in [0.25, 0.3) is 0 Å². The van der Waals surface area contributed by atoms with Gasteiger partial charge >= 0.3 is 0 Å². The second-order valence-corrected chi connectivity index (χ2v) is 3.49. The van der Waals surface area contributed by atoms with Crippen molar-refractivity contribution in [1.82, 2.24) is 0 Å². The van der Waals surface area contributed by atoms with Crippen molar-refractivity contribution < 1.29 is 4.79 Å². The van der Waals surface area contributed by atoms with Crippen LogP contribution >= 0.6 is 34.2 Å². The van der Waals surface area contributed by atoms with Crippen LogP contribution in [0.5, 0.6) is 0 Å². The molecule has 64 valence electrons. The average Bonchev–Trinajstić information content (AvgIpc) is 2.08. The van der Waals surface area contributed by atoms with Gasteiger partial charge in [-0.3, -0.25) is 4.79 Å². The maximum atomic E-state index is 11.2. The maximum absolute atomic E-state index is 11.2. The molecule has 0 aliphatic heterocycles. The largest absolute Gasteiger partial charge is 0.398 e. The Morgan fingerprint density at radius 1 is 1.58 bits per heavy atom. The molecule has 1 aromatic carbocycles. The monoisotopic (exact) mass is 295 g/mol. The molecule has 0 saturated heterocycles. The van der Waals surface area contributed by atoms with Crippen LogP contribution in [-0.4, -0.2) is 10.2 Å². The highest BCUT2D eigenvalue weighted by Gasteiger charge is 2.07. The molecule has 12 heavy (non-hydrogen) atoms. The number of nitrogen functional groups attached to an aromatic ring is 1. The van der Waals surface area contributed by atoms with Crippen molar-refractivity contribution in [2.24, 2.45) is 0 Å². The van der Waals surface area contributed by atoms with E-state index < -0.39 is 0 Å². The van der Waals surface area contributed by atoms with E-state index >= 15 is 0 Å². The maximum Gasteiger partial charge on any atom is 0.174 e. The molecule has 1 rings (SSSR count). The van der Waals surface area contributed by atoms with Gasteiger partial charge in [-0.2, -0.15) is 0 Å². The lowest BCUT2D eigenvalue weighted by Gasteiger charge is -2.01. The summed E-state index contributed by atoms with van der Waals surface area (Å²) in [6.45, 7) is 0. The van der Waals surface area contributed by atoms with E-state index in [1.807, 2.05) is 22.6 Å². The molecule has 2 nitrogen and oxygen atoms in total. The normalized spacial score (nSPS) is 9.83. The van der Waals surface area contributed by atoms with Crippen molar-refractivity contribution in [3.05, 3.63) is 28.8 Å². The third-order valence-corrected chi connectivity index (χ3v) is 2.37. The molecular formula is C8H7ClINO. The second kappa shape index (κ2) is 4.09. The van der Waals surface area contributed by atoms with E-state index in [4.69, 9.17) is 17.3 Å². The van der Waals surface area contributed by atoms with Crippen LogP contribution < -0.4 is 5.73 Å². The molecule has 0 aliphatic carbocycles. The topological polar surface area (TPSA) is 43.1 Å². The first-order chi connectivity index (χ1) is 5.65. The van der Waals surface area contributed by atoms with Gasteiger partial charge in [-0.15, -0.1) is 0 Å². The van der Waals surface area contributed by atoms with E-state index in [1.165, 1.54) is 0 Å². The molecule has 0 unspecified atom stereocenters. The summed E-state index contributed by atoms with van der Waals surface area (Å²) in [5, 5.41) is 0.539. The quantitative estimate of drug-likeness (QED) is 0.394. The van der Waals surface area contributed by atoms with Gasteiger partial charge in [0.1, 0.15) is 0 Å². The summed E-state index contributed by atoms with van der Waals surface area (Å²) < 4.78 is 0.419. The van der Waals surface area contributed by atoms with Crippen LogP contribution in [-0.2, 0) is 0 Å². The van der Waals surface area contributed by atoms with Crippen LogP contribution in [0, 0.1) is 0 Å². The number of Topliss-reactive ketones (excluding diaryl/α,β-unsaturated/α-hetero) is 1. The standard InChI is InChI=1S/C8H7ClINO/c9-5-1-2-7(11)6(3-5)8(12)4-10/h1-3H,4,11H2. The zero-order valence-corrected chi connectivity index (χ0v) is 9.09. The minimum atomic E-state index is 0.00981. The summed E-state index contributed by atoms with van der Waals surface area (Å²) in [4.78, 5) is 11.2. The fourth-order valence-electron chi connectivity index (χ4n) is 0.842. The number of rotatable bonds is 2. The minimum absolute atomic E-state index is 0.00981. The zero-order chi connectivity index (χ0) is 9.14. The van der Waals surface area contributed by atoms with Gasteiger partial charge < -0.3 is 5.73 Å². The van der Waals surface area contributed by atoms with Crippen LogP contribution in [0.3, 0.4) is 0 Å². The minimum Gasteiger partial charge on any atom is -0.398 e. The molecule has 0 fully saturated rings. The number of hydrogen-bond donors (Lipinski definition) is 1. The first kappa shape index (κ1) is 9.80. The predicted molar refractivity (Wildman–Crippen MR) is 59.1 cm³/mol. The summed E-state index contributed by atoms with van der Waals surface area (Å²) in [5.41, 5.74) is 6.58. The Kier molecular flexibility index (Phi) is 3.34. The van der Waals surface area contributed by atoms with E-state index in [9.17, 15) is 4.79 Å². The number of carbonyl (C=O) groups excluding carboxylic acids is 1. The molecule has 0 radical (unpaired) electrons. The van der Waals surface area contributed by atoms with E-state index in [1.54, 1.807) is 18.2 Å². The van der Waals surface area contributed by atoms with Gasteiger partial charge in [0.15, 0.2) is 5.78 Å². The van der Waals surface area contributed by atoms with E-state index in [-0.39, 0.29) is 5.78 Å². The molecule has 0 heterocycles. The zero-order valence-electron chi connectivity index (χ0n) is 6.18. The number of hydrogen-bond acceptors (Lipinski definition) is 2. The van der Waals surface area contributed by atoms with Gasteiger partial charge in [0, 0.05) is 16.3 Å². The Hall–Kier alpha value is -0.290. The number of anilines is 1. The Morgan fingerprint density at radius 3 is 2.83 bits per heavy atom. The Morgan fingerprint density at radius 2 is 2.25 bits per heavy atom. The number of benzene rings is 1. The van der Waals surface area contributed by atoms with Crippen LogP contribution in [0.25, 0.3) is 0 Å². The van der Waals surface area contributed by atoms with Crippen molar-refractivity contribution in [1.29, 1.82) is 0 Å². The number of nitrogens with two attached hydrogens (primary N) is 1. The molecule has 4 heteroatoms. The number of alkyl halides is 1. The number of carbonyl (C=O) groups is 1. The van der Waals surface area contributed by atoms with Crippen molar-refractivity contribution in [2.75, 3.05) is 10.2 Å². The third-order valence-electron chi connectivity index (χ3n) is 1.44. The van der Waals surface area contributed by atoms with Crippen LogP contribution in [0.1, 0.15) is 10.4 Å². The van der Waals surface area contributed by atoms with Crippen LogP contribution in [0.15, 0.2) is 18.2 Å². The fraction of sp³-hybridized carbons (Fsp3) is 0.125. The molecule has 0 aliphatic rings. The van der Waals surface area contributed by atoms with Gasteiger partial charge in [-0.25, -0.2) is 0 Å². The fourth-order valence-corrected chi connectivity index (χ4v) is 1.42. The van der Waals surface area contributed by atoms with Crippen molar-refractivity contribution in [2.45, 2.75) is 0 Å². The van der Waals surface area contributed by atoms with E-state index in [0.717, 1.165) is 0 Å². The molecule has 0 aromatic heterocycles. The van der Waals surface area contributed by atoms with Gasteiger partial charge in [0.05, 0.1) is 4.43 Å². The number of halogens is 2. The molecule has 0 atom stereocenters. The van der Waals surface area contributed by atoms with Gasteiger partial charge in [0.2, 0.25) is 0 Å². The lowest BCUT2D eigenvalue weighted by atomic mass is 10.1. The highest BCUT2D eigenvalue weighted by molar-refractivity contribution is 14.1. The molecule has 1 aromatic rings. The molecule has 0 saturated carbocycles. The SMILES string of the molecule is Nc1ccc(Cl)cc1C(=O)CI. The number of ketones is 1. The molecule has 0 spiro atoms. The smallest absolute Gasteiger partial charge is 0.174 e. The highest BCUT2D eigenvalue weighted by atomic mass is 127. The lowest BCUT2D eigenvalue weighted by molar-refractivity contribution is 0.102. The first-order valence-electron chi connectivity index (χ1n) is 3.29. The van der Waals surface area contributed by atoms with Crippen LogP contribution in [0.2, 0.25) is 5.02 Å². The summed E-state index contributed by atoms with van der Waals surface area (Å²) in [6, 6.07) is 4.90. The summed E-state index contributed by atoms with van der Waals surface area (Å²) in [5.74, 6) is 0.00981. The average molecular weight is 296 g/mol. The van der Waals surface area contributed by atoms with Gasteiger partial charge in [-0.05, 0) is 18.2 Å². The first-order valence-corrected chi connectivity index (χ1v) is 5.19. The lowest BCUT2D eigenvalue weighted by Crippen LogP contribution is -2.04. The Balaban J connectivity index is 3.13. The Labute approximate surface area is 89.2 Å². The molecule has 0 bridgehead atoms.